The predicted octanol–water partition coefficient (Wildman–Crippen LogP) is 0.841. The van der Waals surface area contributed by atoms with E-state index in [0.717, 1.165) is 26.1 Å². The minimum atomic E-state index is -1.06. The van der Waals surface area contributed by atoms with Gasteiger partial charge in [-0.05, 0) is 18.9 Å². The molecule has 2 rings (SSSR count). The van der Waals surface area contributed by atoms with Crippen LogP contribution in [0.15, 0.2) is 10.6 Å². The van der Waals surface area contributed by atoms with Crippen molar-refractivity contribution in [2.45, 2.75) is 13.0 Å². The molecule has 1 aliphatic heterocycles. The molecule has 1 unspecified atom stereocenters. The van der Waals surface area contributed by atoms with E-state index >= 15 is 0 Å². The van der Waals surface area contributed by atoms with Crippen LogP contribution in [0.2, 0.25) is 0 Å². The fraction of sp³-hybridized carbons (Fsp3) is 0.636. The molecule has 0 aromatic carbocycles. The van der Waals surface area contributed by atoms with E-state index in [1.54, 1.807) is 7.11 Å². The number of nitrogens with zero attached hydrogens (tertiary/aromatic N) is 2. The van der Waals surface area contributed by atoms with E-state index in [1.807, 2.05) is 0 Å². The number of carboxylic acid groups (broad SMARTS) is 1. The van der Waals surface area contributed by atoms with Gasteiger partial charge in [-0.15, -0.1) is 0 Å². The van der Waals surface area contributed by atoms with Crippen LogP contribution >= 0.6 is 0 Å². The molecule has 94 valence electrons. The minimum Gasteiger partial charge on any atom is -0.476 e. The smallest absolute Gasteiger partial charge is 0.358 e. The first kappa shape index (κ1) is 12.1. The molecule has 1 N–H and O–H groups in total. The molecule has 1 saturated heterocycles. The summed E-state index contributed by atoms with van der Waals surface area (Å²) < 4.78 is 10.1. The molecule has 1 aromatic heterocycles. The van der Waals surface area contributed by atoms with Crippen LogP contribution in [0.4, 0.5) is 0 Å². The molecule has 1 aliphatic rings. The first-order valence-electron chi connectivity index (χ1n) is 5.59. The number of rotatable bonds is 5. The Morgan fingerprint density at radius 3 is 3.24 bits per heavy atom. The van der Waals surface area contributed by atoms with E-state index in [1.165, 1.54) is 6.07 Å². The van der Waals surface area contributed by atoms with Crippen molar-refractivity contribution < 1.29 is 19.2 Å². The van der Waals surface area contributed by atoms with E-state index in [-0.39, 0.29) is 5.69 Å². The first-order chi connectivity index (χ1) is 8.19. The zero-order valence-corrected chi connectivity index (χ0v) is 9.76. The quantitative estimate of drug-likeness (QED) is 0.822. The number of carbonyl (C=O) groups is 1. The summed E-state index contributed by atoms with van der Waals surface area (Å²) in [7, 11) is 1.71. The second-order valence-electron chi connectivity index (χ2n) is 4.33. The van der Waals surface area contributed by atoms with E-state index in [4.69, 9.17) is 14.4 Å². The third-order valence-corrected chi connectivity index (χ3v) is 2.93. The average Bonchev–Trinajstić information content (AvgIpc) is 2.89. The lowest BCUT2D eigenvalue weighted by Gasteiger charge is -2.13. The van der Waals surface area contributed by atoms with Gasteiger partial charge in [0, 0.05) is 19.7 Å². The molecular formula is C11H16N2O4. The lowest BCUT2D eigenvalue weighted by atomic mass is 10.1. The third-order valence-electron chi connectivity index (χ3n) is 2.93. The molecule has 1 fully saturated rings. The van der Waals surface area contributed by atoms with Gasteiger partial charge in [-0.2, -0.15) is 0 Å². The van der Waals surface area contributed by atoms with Crippen LogP contribution in [-0.2, 0) is 11.3 Å². The van der Waals surface area contributed by atoms with Gasteiger partial charge in [0.1, 0.15) is 0 Å². The predicted molar refractivity (Wildman–Crippen MR) is 58.7 cm³/mol. The van der Waals surface area contributed by atoms with Gasteiger partial charge in [0.2, 0.25) is 0 Å². The molecular weight excluding hydrogens is 224 g/mol. The van der Waals surface area contributed by atoms with Gasteiger partial charge in [-0.1, -0.05) is 5.16 Å². The van der Waals surface area contributed by atoms with Crippen molar-refractivity contribution in [3.8, 4) is 0 Å². The number of aromatic nitrogens is 1. The Kier molecular flexibility index (Phi) is 3.75. The topological polar surface area (TPSA) is 75.8 Å². The molecule has 0 spiro atoms. The van der Waals surface area contributed by atoms with Gasteiger partial charge in [0.05, 0.1) is 13.2 Å². The third kappa shape index (κ3) is 3.04. The van der Waals surface area contributed by atoms with Crippen LogP contribution in [0.25, 0.3) is 0 Å². The second kappa shape index (κ2) is 5.29. The lowest BCUT2D eigenvalue weighted by molar-refractivity contribution is 0.0685. The Morgan fingerprint density at radius 2 is 2.59 bits per heavy atom. The number of aromatic carboxylic acids is 1. The van der Waals surface area contributed by atoms with Gasteiger partial charge in [0.25, 0.3) is 0 Å². The van der Waals surface area contributed by atoms with E-state index in [9.17, 15) is 4.79 Å². The number of likely N-dealkylation sites (tertiary alicyclic amines) is 1. The summed E-state index contributed by atoms with van der Waals surface area (Å²) in [5.41, 5.74) is -0.0346. The highest BCUT2D eigenvalue weighted by Crippen LogP contribution is 2.19. The van der Waals surface area contributed by atoms with Crippen LogP contribution in [0.5, 0.6) is 0 Å². The minimum absolute atomic E-state index is 0.0346. The Hall–Kier alpha value is -1.40. The van der Waals surface area contributed by atoms with Gasteiger partial charge in [-0.25, -0.2) is 4.79 Å². The number of carboxylic acids is 1. The van der Waals surface area contributed by atoms with Crippen LogP contribution in [-0.4, -0.2) is 47.9 Å². The molecule has 17 heavy (non-hydrogen) atoms. The molecule has 1 atom stereocenters. The maximum absolute atomic E-state index is 10.6. The largest absolute Gasteiger partial charge is 0.476 e. The van der Waals surface area contributed by atoms with Gasteiger partial charge in [0.15, 0.2) is 11.5 Å². The second-order valence-corrected chi connectivity index (χ2v) is 4.33. The fourth-order valence-electron chi connectivity index (χ4n) is 2.14. The maximum atomic E-state index is 10.6. The molecule has 0 aliphatic carbocycles. The average molecular weight is 240 g/mol. The van der Waals surface area contributed by atoms with Crippen molar-refractivity contribution >= 4 is 5.97 Å². The molecule has 6 nitrogen and oxygen atoms in total. The number of hydrogen-bond donors (Lipinski definition) is 1. The van der Waals surface area contributed by atoms with Crippen LogP contribution in [0.1, 0.15) is 22.7 Å². The summed E-state index contributed by atoms with van der Waals surface area (Å²) in [6, 6.07) is 1.48. The molecule has 0 saturated carbocycles. The van der Waals surface area contributed by atoms with Crippen molar-refractivity contribution in [1.29, 1.82) is 0 Å². The molecule has 0 amide bonds. The van der Waals surface area contributed by atoms with Crippen molar-refractivity contribution in [2.75, 3.05) is 26.8 Å². The zero-order valence-electron chi connectivity index (χ0n) is 9.76. The first-order valence-corrected chi connectivity index (χ1v) is 5.59. The Morgan fingerprint density at radius 1 is 1.76 bits per heavy atom. The van der Waals surface area contributed by atoms with Crippen LogP contribution in [0.3, 0.4) is 0 Å². The molecule has 2 heterocycles. The summed E-state index contributed by atoms with van der Waals surface area (Å²) in [5.74, 6) is 0.0982. The number of hydrogen-bond acceptors (Lipinski definition) is 5. The summed E-state index contributed by atoms with van der Waals surface area (Å²) in [6.07, 6.45) is 1.10. The zero-order chi connectivity index (χ0) is 12.3. The van der Waals surface area contributed by atoms with E-state index in [2.05, 4.69) is 10.1 Å². The van der Waals surface area contributed by atoms with Gasteiger partial charge < -0.3 is 14.4 Å². The maximum Gasteiger partial charge on any atom is 0.358 e. The van der Waals surface area contributed by atoms with E-state index < -0.39 is 5.97 Å². The molecule has 1 aromatic rings. The Bertz CT molecular complexity index is 391. The van der Waals surface area contributed by atoms with Crippen molar-refractivity contribution in [1.82, 2.24) is 10.1 Å². The monoisotopic (exact) mass is 240 g/mol. The molecule has 0 radical (unpaired) electrons. The summed E-state index contributed by atoms with van der Waals surface area (Å²) in [5, 5.41) is 12.2. The number of ether oxygens (including phenoxy) is 1. The standard InChI is InChI=1S/C11H16N2O4/c1-16-7-8-2-3-13(5-8)6-9-4-10(11(14)15)12-17-9/h4,8H,2-3,5-7H2,1H3,(H,14,15). The number of methoxy groups -OCH3 is 1. The highest BCUT2D eigenvalue weighted by atomic mass is 16.5. The van der Waals surface area contributed by atoms with Crippen molar-refractivity contribution in [3.63, 3.8) is 0 Å². The van der Waals surface area contributed by atoms with Gasteiger partial charge in [-0.3, -0.25) is 4.90 Å². The SMILES string of the molecule is COCC1CCN(Cc2cc(C(=O)O)no2)C1. The molecule has 0 bridgehead atoms. The Labute approximate surface area is 99.1 Å². The van der Waals surface area contributed by atoms with Crippen molar-refractivity contribution in [3.05, 3.63) is 17.5 Å². The van der Waals surface area contributed by atoms with Crippen molar-refractivity contribution in [2.24, 2.45) is 5.92 Å². The summed E-state index contributed by atoms with van der Waals surface area (Å²) >= 11 is 0. The highest BCUT2D eigenvalue weighted by Gasteiger charge is 2.23. The highest BCUT2D eigenvalue weighted by molar-refractivity contribution is 5.85. The van der Waals surface area contributed by atoms with E-state index in [0.29, 0.717) is 18.2 Å². The fourth-order valence-corrected chi connectivity index (χ4v) is 2.14. The Balaban J connectivity index is 1.87. The molecule has 6 heteroatoms. The summed E-state index contributed by atoms with van der Waals surface area (Å²) in [4.78, 5) is 12.9. The van der Waals surface area contributed by atoms with Gasteiger partial charge >= 0.3 is 5.97 Å². The summed E-state index contributed by atoms with van der Waals surface area (Å²) in [6.45, 7) is 3.32. The van der Waals surface area contributed by atoms with Crippen LogP contribution < -0.4 is 0 Å². The normalized spacial score (nSPS) is 20.9. The lowest BCUT2D eigenvalue weighted by Crippen LogP contribution is -2.21. The van der Waals surface area contributed by atoms with Crippen LogP contribution in [0, 0.1) is 5.92 Å².